The average Bonchev–Trinajstić information content (AvgIpc) is 2.05. The van der Waals surface area contributed by atoms with Crippen LogP contribution >= 0.6 is 11.6 Å². The van der Waals surface area contributed by atoms with Crippen molar-refractivity contribution in [1.82, 2.24) is 0 Å². The molecule has 2 atom stereocenters. The van der Waals surface area contributed by atoms with Gasteiger partial charge in [0.25, 0.3) is 0 Å². The Morgan fingerprint density at radius 2 is 2.25 bits per heavy atom. The normalized spacial score (nSPS) is 30.5. The zero-order valence-corrected chi connectivity index (χ0v) is 8.65. The Hall–Kier alpha value is 0.250. The lowest BCUT2D eigenvalue weighted by Crippen LogP contribution is -2.15. The molecule has 0 aliphatic heterocycles. The summed E-state index contributed by atoms with van der Waals surface area (Å²) in [6, 6.07) is 0. The SMILES string of the molecule is COCCCC1CCCC(Cl)C1. The van der Waals surface area contributed by atoms with Crippen molar-refractivity contribution in [3.05, 3.63) is 0 Å². The van der Waals surface area contributed by atoms with Crippen LogP contribution in [0.1, 0.15) is 38.5 Å². The van der Waals surface area contributed by atoms with E-state index in [9.17, 15) is 0 Å². The first-order valence-corrected chi connectivity index (χ1v) is 5.39. The molecule has 1 fully saturated rings. The maximum absolute atomic E-state index is 6.09. The molecule has 0 N–H and O–H groups in total. The molecule has 0 aromatic rings. The first kappa shape index (κ1) is 10.3. The van der Waals surface area contributed by atoms with Crippen molar-refractivity contribution in [2.75, 3.05) is 13.7 Å². The summed E-state index contributed by atoms with van der Waals surface area (Å²) in [7, 11) is 1.77. The van der Waals surface area contributed by atoms with Crippen LogP contribution in [0.2, 0.25) is 0 Å². The molecule has 0 radical (unpaired) electrons. The summed E-state index contributed by atoms with van der Waals surface area (Å²) in [5.41, 5.74) is 0. The Bertz CT molecular complexity index is 116. The van der Waals surface area contributed by atoms with Crippen LogP contribution in [0.15, 0.2) is 0 Å². The molecule has 72 valence electrons. The summed E-state index contributed by atoms with van der Waals surface area (Å²) in [4.78, 5) is 0. The van der Waals surface area contributed by atoms with Crippen molar-refractivity contribution in [2.45, 2.75) is 43.9 Å². The van der Waals surface area contributed by atoms with E-state index < -0.39 is 0 Å². The van der Waals surface area contributed by atoms with Gasteiger partial charge in [0.1, 0.15) is 0 Å². The zero-order chi connectivity index (χ0) is 8.81. The van der Waals surface area contributed by atoms with E-state index in [0.29, 0.717) is 5.38 Å². The lowest BCUT2D eigenvalue weighted by atomic mass is 9.86. The average molecular weight is 191 g/mol. The minimum Gasteiger partial charge on any atom is -0.385 e. The zero-order valence-electron chi connectivity index (χ0n) is 7.89. The molecule has 2 heteroatoms. The molecule has 1 nitrogen and oxygen atoms in total. The quantitative estimate of drug-likeness (QED) is 0.489. The molecule has 1 aliphatic carbocycles. The number of hydrogen-bond acceptors (Lipinski definition) is 1. The molecule has 0 aromatic carbocycles. The molecule has 0 amide bonds. The van der Waals surface area contributed by atoms with Crippen LogP contribution in [0.4, 0.5) is 0 Å². The standard InChI is InChI=1S/C10H19ClO/c1-12-7-3-5-9-4-2-6-10(11)8-9/h9-10H,2-8H2,1H3. The van der Waals surface area contributed by atoms with Crippen LogP contribution in [-0.4, -0.2) is 19.1 Å². The molecule has 1 rings (SSSR count). The number of ether oxygens (including phenoxy) is 1. The van der Waals surface area contributed by atoms with Gasteiger partial charge in [0.15, 0.2) is 0 Å². The lowest BCUT2D eigenvalue weighted by molar-refractivity contribution is 0.182. The second-order valence-electron chi connectivity index (χ2n) is 3.76. The molecule has 0 spiro atoms. The van der Waals surface area contributed by atoms with Gasteiger partial charge >= 0.3 is 0 Å². The summed E-state index contributed by atoms with van der Waals surface area (Å²) in [6.45, 7) is 0.906. The van der Waals surface area contributed by atoms with Crippen LogP contribution < -0.4 is 0 Å². The van der Waals surface area contributed by atoms with Crippen molar-refractivity contribution in [2.24, 2.45) is 5.92 Å². The maximum atomic E-state index is 6.09. The summed E-state index contributed by atoms with van der Waals surface area (Å²) in [6.07, 6.45) is 7.66. The summed E-state index contributed by atoms with van der Waals surface area (Å²) in [5, 5.41) is 0.450. The molecular weight excluding hydrogens is 172 g/mol. The third kappa shape index (κ3) is 3.77. The molecule has 0 heterocycles. The van der Waals surface area contributed by atoms with E-state index in [-0.39, 0.29) is 0 Å². The van der Waals surface area contributed by atoms with Crippen LogP contribution in [0.5, 0.6) is 0 Å². The van der Waals surface area contributed by atoms with Gasteiger partial charge < -0.3 is 4.74 Å². The second kappa shape index (κ2) is 5.82. The first-order valence-electron chi connectivity index (χ1n) is 4.96. The van der Waals surface area contributed by atoms with Crippen molar-refractivity contribution >= 4 is 11.6 Å². The van der Waals surface area contributed by atoms with Gasteiger partial charge in [-0.2, -0.15) is 0 Å². The van der Waals surface area contributed by atoms with Crippen molar-refractivity contribution < 1.29 is 4.74 Å². The van der Waals surface area contributed by atoms with Crippen molar-refractivity contribution in [3.8, 4) is 0 Å². The molecule has 12 heavy (non-hydrogen) atoms. The van der Waals surface area contributed by atoms with Gasteiger partial charge in [0, 0.05) is 19.1 Å². The van der Waals surface area contributed by atoms with Gasteiger partial charge in [0.05, 0.1) is 0 Å². The highest BCUT2D eigenvalue weighted by molar-refractivity contribution is 6.20. The predicted molar refractivity (Wildman–Crippen MR) is 52.7 cm³/mol. The van der Waals surface area contributed by atoms with Crippen LogP contribution in [-0.2, 0) is 4.74 Å². The molecule has 0 aromatic heterocycles. The number of alkyl halides is 1. The van der Waals surface area contributed by atoms with E-state index in [1.165, 1.54) is 38.5 Å². The molecule has 1 aliphatic rings. The van der Waals surface area contributed by atoms with E-state index in [0.717, 1.165) is 12.5 Å². The van der Waals surface area contributed by atoms with Crippen LogP contribution in [0, 0.1) is 5.92 Å². The number of rotatable bonds is 4. The molecule has 0 saturated heterocycles. The van der Waals surface area contributed by atoms with Gasteiger partial charge in [-0.15, -0.1) is 11.6 Å². The van der Waals surface area contributed by atoms with E-state index in [1.807, 2.05) is 0 Å². The molecular formula is C10H19ClO. The fourth-order valence-corrected chi connectivity index (χ4v) is 2.41. The summed E-state index contributed by atoms with van der Waals surface area (Å²) >= 11 is 6.09. The number of halogens is 1. The van der Waals surface area contributed by atoms with Gasteiger partial charge in [-0.1, -0.05) is 12.8 Å². The summed E-state index contributed by atoms with van der Waals surface area (Å²) < 4.78 is 5.03. The highest BCUT2D eigenvalue weighted by atomic mass is 35.5. The highest BCUT2D eigenvalue weighted by Crippen LogP contribution is 2.30. The second-order valence-corrected chi connectivity index (χ2v) is 4.38. The third-order valence-electron chi connectivity index (χ3n) is 2.68. The van der Waals surface area contributed by atoms with E-state index in [4.69, 9.17) is 16.3 Å². The fourth-order valence-electron chi connectivity index (χ4n) is 2.00. The van der Waals surface area contributed by atoms with Crippen LogP contribution in [0.3, 0.4) is 0 Å². The van der Waals surface area contributed by atoms with Crippen molar-refractivity contribution in [3.63, 3.8) is 0 Å². The van der Waals surface area contributed by atoms with Gasteiger partial charge in [-0.25, -0.2) is 0 Å². The minimum absolute atomic E-state index is 0.450. The van der Waals surface area contributed by atoms with Crippen molar-refractivity contribution in [1.29, 1.82) is 0 Å². The maximum Gasteiger partial charge on any atom is 0.0462 e. The van der Waals surface area contributed by atoms with Crippen LogP contribution in [0.25, 0.3) is 0 Å². The fraction of sp³-hybridized carbons (Fsp3) is 1.00. The van der Waals surface area contributed by atoms with E-state index in [1.54, 1.807) is 7.11 Å². The topological polar surface area (TPSA) is 9.23 Å². The predicted octanol–water partition coefficient (Wildman–Crippen LogP) is 3.21. The monoisotopic (exact) mass is 190 g/mol. The Morgan fingerprint density at radius 1 is 1.42 bits per heavy atom. The van der Waals surface area contributed by atoms with E-state index >= 15 is 0 Å². The Kier molecular flexibility index (Phi) is 5.01. The Morgan fingerprint density at radius 3 is 2.92 bits per heavy atom. The third-order valence-corrected chi connectivity index (χ3v) is 3.08. The van der Waals surface area contributed by atoms with E-state index in [2.05, 4.69) is 0 Å². The lowest BCUT2D eigenvalue weighted by Gasteiger charge is -2.25. The molecule has 0 bridgehead atoms. The molecule has 2 unspecified atom stereocenters. The molecule has 1 saturated carbocycles. The van der Waals surface area contributed by atoms with Gasteiger partial charge in [-0.3, -0.25) is 0 Å². The first-order chi connectivity index (χ1) is 5.83. The number of hydrogen-bond donors (Lipinski definition) is 0. The van der Waals surface area contributed by atoms with Gasteiger partial charge in [-0.05, 0) is 31.6 Å². The number of methoxy groups -OCH3 is 1. The minimum atomic E-state index is 0.450. The smallest absolute Gasteiger partial charge is 0.0462 e. The summed E-state index contributed by atoms with van der Waals surface area (Å²) in [5.74, 6) is 0.872. The Labute approximate surface area is 80.4 Å². The highest BCUT2D eigenvalue weighted by Gasteiger charge is 2.19. The Balaban J connectivity index is 2.06. The van der Waals surface area contributed by atoms with Gasteiger partial charge in [0.2, 0.25) is 0 Å². The largest absolute Gasteiger partial charge is 0.385 e.